The summed E-state index contributed by atoms with van der Waals surface area (Å²) in [5, 5.41) is 3.30. The highest BCUT2D eigenvalue weighted by atomic mass is 32.1. The molecule has 48 valence electrons. The van der Waals surface area contributed by atoms with Crippen molar-refractivity contribution >= 4 is 12.6 Å². The molecule has 1 N–H and O–H groups in total. The fraction of sp³-hybridized carbons (Fsp3) is 0.667. The van der Waals surface area contributed by atoms with E-state index >= 15 is 0 Å². The standard InChI is InChI=1S/C6H13NS/c1-5(2)4-7-6(3)8/h4,6-8H,1-3H3. The lowest BCUT2D eigenvalue weighted by Gasteiger charge is -2.02. The molecule has 0 saturated heterocycles. The first-order valence-electron chi connectivity index (χ1n) is 2.70. The van der Waals surface area contributed by atoms with Gasteiger partial charge in [-0.05, 0) is 27.0 Å². The Labute approximate surface area is 56.6 Å². The summed E-state index contributed by atoms with van der Waals surface area (Å²) in [5.74, 6) is 0. The third-order valence-electron chi connectivity index (χ3n) is 0.613. The summed E-state index contributed by atoms with van der Waals surface area (Å²) < 4.78 is 0. The molecule has 0 fully saturated rings. The average Bonchev–Trinajstić information content (AvgIpc) is 1.61. The number of nitrogens with one attached hydrogen (secondary N) is 1. The van der Waals surface area contributed by atoms with Gasteiger partial charge in [0.05, 0.1) is 5.37 Å². The largest absolute Gasteiger partial charge is 0.380 e. The van der Waals surface area contributed by atoms with E-state index in [1.807, 2.05) is 27.0 Å². The highest BCUT2D eigenvalue weighted by molar-refractivity contribution is 7.80. The van der Waals surface area contributed by atoms with Crippen molar-refractivity contribution in [1.82, 2.24) is 5.32 Å². The first-order chi connectivity index (χ1) is 3.63. The zero-order chi connectivity index (χ0) is 6.57. The molecule has 0 aromatic heterocycles. The molecular weight excluding hydrogens is 118 g/mol. The van der Waals surface area contributed by atoms with Gasteiger partial charge < -0.3 is 5.32 Å². The summed E-state index contributed by atoms with van der Waals surface area (Å²) in [6, 6.07) is 0. The Morgan fingerprint density at radius 3 is 2.25 bits per heavy atom. The molecule has 0 aliphatic heterocycles. The lowest BCUT2D eigenvalue weighted by atomic mass is 10.4. The molecule has 0 spiro atoms. The summed E-state index contributed by atoms with van der Waals surface area (Å²) >= 11 is 4.12. The molecule has 0 amide bonds. The van der Waals surface area contributed by atoms with Crippen LogP contribution in [0, 0.1) is 0 Å². The van der Waals surface area contributed by atoms with E-state index in [1.54, 1.807) is 0 Å². The van der Waals surface area contributed by atoms with Crippen molar-refractivity contribution in [2.24, 2.45) is 0 Å². The Hall–Kier alpha value is -0.110. The Kier molecular flexibility index (Phi) is 3.79. The van der Waals surface area contributed by atoms with E-state index in [0.29, 0.717) is 0 Å². The van der Waals surface area contributed by atoms with Crippen molar-refractivity contribution in [1.29, 1.82) is 0 Å². The fourth-order valence-electron chi connectivity index (χ4n) is 0.287. The SMILES string of the molecule is CC(C)=CNC(C)S. The van der Waals surface area contributed by atoms with E-state index in [9.17, 15) is 0 Å². The van der Waals surface area contributed by atoms with Crippen LogP contribution >= 0.6 is 12.6 Å². The highest BCUT2D eigenvalue weighted by Crippen LogP contribution is 1.89. The van der Waals surface area contributed by atoms with Crippen LogP contribution in [-0.2, 0) is 0 Å². The highest BCUT2D eigenvalue weighted by Gasteiger charge is 1.83. The molecule has 0 bridgehead atoms. The molecular formula is C6H13NS. The monoisotopic (exact) mass is 131 g/mol. The summed E-state index contributed by atoms with van der Waals surface area (Å²) in [6.45, 7) is 6.08. The number of thiol groups is 1. The maximum atomic E-state index is 4.12. The van der Waals surface area contributed by atoms with Crippen LogP contribution in [0.5, 0.6) is 0 Å². The smallest absolute Gasteiger partial charge is 0.0659 e. The molecule has 1 nitrogen and oxygen atoms in total. The van der Waals surface area contributed by atoms with E-state index in [-0.39, 0.29) is 5.37 Å². The topological polar surface area (TPSA) is 12.0 Å². The van der Waals surface area contributed by atoms with Gasteiger partial charge >= 0.3 is 0 Å². The molecule has 2 heteroatoms. The molecule has 0 aromatic rings. The second kappa shape index (κ2) is 3.84. The van der Waals surface area contributed by atoms with Gasteiger partial charge in [0.15, 0.2) is 0 Å². The van der Waals surface area contributed by atoms with E-state index in [1.165, 1.54) is 5.57 Å². The van der Waals surface area contributed by atoms with Gasteiger partial charge in [0.1, 0.15) is 0 Å². The molecule has 0 aliphatic carbocycles. The van der Waals surface area contributed by atoms with Crippen LogP contribution in [-0.4, -0.2) is 5.37 Å². The predicted molar refractivity (Wildman–Crippen MR) is 41.0 cm³/mol. The molecule has 0 aromatic carbocycles. The summed E-state index contributed by atoms with van der Waals surface area (Å²) in [5.41, 5.74) is 1.27. The molecule has 0 aliphatic rings. The van der Waals surface area contributed by atoms with Gasteiger partial charge in [0.2, 0.25) is 0 Å². The van der Waals surface area contributed by atoms with Crippen LogP contribution < -0.4 is 5.32 Å². The minimum absolute atomic E-state index is 0.255. The van der Waals surface area contributed by atoms with Crippen LogP contribution in [0.2, 0.25) is 0 Å². The van der Waals surface area contributed by atoms with Gasteiger partial charge in [0.25, 0.3) is 0 Å². The van der Waals surface area contributed by atoms with E-state index in [4.69, 9.17) is 0 Å². The summed E-state index contributed by atoms with van der Waals surface area (Å²) in [6.07, 6.45) is 1.96. The van der Waals surface area contributed by atoms with Crippen LogP contribution in [0.15, 0.2) is 11.8 Å². The Morgan fingerprint density at radius 2 is 2.12 bits per heavy atom. The molecule has 0 radical (unpaired) electrons. The van der Waals surface area contributed by atoms with Crippen molar-refractivity contribution in [3.05, 3.63) is 11.8 Å². The number of hydrogen-bond donors (Lipinski definition) is 2. The quantitative estimate of drug-likeness (QED) is 0.430. The molecule has 0 heterocycles. The van der Waals surface area contributed by atoms with Crippen molar-refractivity contribution in [3.8, 4) is 0 Å². The Bertz CT molecular complexity index is 82.5. The van der Waals surface area contributed by atoms with E-state index in [2.05, 4.69) is 17.9 Å². The van der Waals surface area contributed by atoms with Crippen LogP contribution in [0.4, 0.5) is 0 Å². The zero-order valence-electron chi connectivity index (χ0n) is 5.60. The van der Waals surface area contributed by atoms with Gasteiger partial charge in [-0.2, -0.15) is 12.6 Å². The first kappa shape index (κ1) is 7.89. The average molecular weight is 131 g/mol. The third kappa shape index (κ3) is 5.89. The third-order valence-corrected chi connectivity index (χ3v) is 0.762. The molecule has 1 atom stereocenters. The molecule has 0 rings (SSSR count). The van der Waals surface area contributed by atoms with Gasteiger partial charge in [-0.1, -0.05) is 5.57 Å². The summed E-state index contributed by atoms with van der Waals surface area (Å²) in [4.78, 5) is 0. The van der Waals surface area contributed by atoms with E-state index in [0.717, 1.165) is 0 Å². The van der Waals surface area contributed by atoms with Gasteiger partial charge in [-0.25, -0.2) is 0 Å². The lowest BCUT2D eigenvalue weighted by molar-refractivity contribution is 0.853. The minimum Gasteiger partial charge on any atom is -0.380 e. The predicted octanol–water partition coefficient (Wildman–Crippen LogP) is 1.78. The van der Waals surface area contributed by atoms with Crippen molar-refractivity contribution in [3.63, 3.8) is 0 Å². The summed E-state index contributed by atoms with van der Waals surface area (Å²) in [7, 11) is 0. The number of rotatable bonds is 2. The second-order valence-corrected chi connectivity index (χ2v) is 2.84. The number of hydrogen-bond acceptors (Lipinski definition) is 2. The van der Waals surface area contributed by atoms with Gasteiger partial charge in [-0.15, -0.1) is 0 Å². The minimum atomic E-state index is 0.255. The van der Waals surface area contributed by atoms with Gasteiger partial charge in [-0.3, -0.25) is 0 Å². The van der Waals surface area contributed by atoms with Crippen LogP contribution in [0.3, 0.4) is 0 Å². The lowest BCUT2D eigenvalue weighted by Crippen LogP contribution is -2.12. The maximum absolute atomic E-state index is 4.12. The van der Waals surface area contributed by atoms with Gasteiger partial charge in [0, 0.05) is 0 Å². The molecule has 0 saturated carbocycles. The van der Waals surface area contributed by atoms with Crippen LogP contribution in [0.25, 0.3) is 0 Å². The second-order valence-electron chi connectivity index (χ2n) is 2.06. The van der Waals surface area contributed by atoms with E-state index < -0.39 is 0 Å². The first-order valence-corrected chi connectivity index (χ1v) is 3.22. The normalized spacial score (nSPS) is 12.5. The number of allylic oxidation sites excluding steroid dienone is 1. The Balaban J connectivity index is 3.29. The fourth-order valence-corrected chi connectivity index (χ4v) is 0.362. The molecule has 1 unspecified atom stereocenters. The van der Waals surface area contributed by atoms with Crippen molar-refractivity contribution < 1.29 is 0 Å². The van der Waals surface area contributed by atoms with Crippen molar-refractivity contribution in [2.75, 3.05) is 0 Å². The Morgan fingerprint density at radius 1 is 1.62 bits per heavy atom. The maximum Gasteiger partial charge on any atom is 0.0659 e. The van der Waals surface area contributed by atoms with Crippen LogP contribution in [0.1, 0.15) is 20.8 Å². The molecule has 8 heavy (non-hydrogen) atoms. The van der Waals surface area contributed by atoms with Crippen molar-refractivity contribution in [2.45, 2.75) is 26.1 Å². The zero-order valence-corrected chi connectivity index (χ0v) is 6.50.